The van der Waals surface area contributed by atoms with Crippen molar-refractivity contribution in [3.63, 3.8) is 0 Å². The largest absolute Gasteiger partial charge is 0.380 e. The summed E-state index contributed by atoms with van der Waals surface area (Å²) < 4.78 is 5.18. The molecule has 0 aromatic heterocycles. The highest BCUT2D eigenvalue weighted by Crippen LogP contribution is 2.21. The average Bonchev–Trinajstić information content (AvgIpc) is 3.12. The summed E-state index contributed by atoms with van der Waals surface area (Å²) in [6, 6.07) is 15.4. The molecule has 2 aromatic carbocycles. The quantitative estimate of drug-likeness (QED) is 0.790. The Hall–Kier alpha value is -2.86. The number of anilines is 1. The molecule has 0 atom stereocenters. The summed E-state index contributed by atoms with van der Waals surface area (Å²) >= 11 is 0. The van der Waals surface area contributed by atoms with Gasteiger partial charge in [0.2, 0.25) is 5.91 Å². The van der Waals surface area contributed by atoms with E-state index in [1.165, 1.54) is 0 Å². The van der Waals surface area contributed by atoms with Crippen LogP contribution < -0.4 is 15.5 Å². The molecule has 1 aliphatic rings. The third kappa shape index (κ3) is 5.08. The number of nitrogens with zero attached hydrogens (tertiary/aromatic N) is 1. The number of benzene rings is 2. The number of nitrogens with one attached hydrogen (secondary N) is 2. The van der Waals surface area contributed by atoms with Crippen LogP contribution in [0.2, 0.25) is 0 Å². The second-order valence-electron chi connectivity index (χ2n) is 6.55. The maximum atomic E-state index is 12.1. The van der Waals surface area contributed by atoms with Gasteiger partial charge in [-0.3, -0.25) is 4.79 Å². The fourth-order valence-electron chi connectivity index (χ4n) is 3.16. The summed E-state index contributed by atoms with van der Waals surface area (Å²) in [6.07, 6.45) is 1.53. The fraction of sp³-hybridized carbons (Fsp3) is 0.333. The minimum Gasteiger partial charge on any atom is -0.380 e. The molecule has 2 aromatic rings. The highest BCUT2D eigenvalue weighted by atomic mass is 16.5. The molecule has 3 amide bonds. The molecule has 6 nitrogen and oxygen atoms in total. The zero-order chi connectivity index (χ0) is 19.1. The monoisotopic (exact) mass is 367 g/mol. The first-order chi connectivity index (χ1) is 13.2. The molecule has 6 heteroatoms. The van der Waals surface area contributed by atoms with Gasteiger partial charge in [-0.1, -0.05) is 36.4 Å². The van der Waals surface area contributed by atoms with E-state index in [-0.39, 0.29) is 11.9 Å². The Kier molecular flexibility index (Phi) is 6.44. The molecule has 142 valence electrons. The Morgan fingerprint density at radius 2 is 1.74 bits per heavy atom. The lowest BCUT2D eigenvalue weighted by molar-refractivity contribution is -0.117. The van der Waals surface area contributed by atoms with Crippen molar-refractivity contribution < 1.29 is 14.3 Å². The predicted molar refractivity (Wildman–Crippen MR) is 104 cm³/mol. The van der Waals surface area contributed by atoms with Gasteiger partial charge >= 0.3 is 6.03 Å². The van der Waals surface area contributed by atoms with Crippen LogP contribution in [-0.4, -0.2) is 25.6 Å². The highest BCUT2D eigenvalue weighted by molar-refractivity contribution is 5.95. The number of carbonyl (C=O) groups is 2. The molecule has 0 spiro atoms. The highest BCUT2D eigenvalue weighted by Gasteiger charge is 2.21. The molecule has 1 saturated heterocycles. The molecule has 1 fully saturated rings. The molecule has 0 saturated carbocycles. The van der Waals surface area contributed by atoms with Crippen molar-refractivity contribution in [3.05, 3.63) is 65.2 Å². The van der Waals surface area contributed by atoms with Crippen LogP contribution in [0.5, 0.6) is 0 Å². The third-order valence-electron chi connectivity index (χ3n) is 4.63. The molecule has 3 rings (SSSR count). The van der Waals surface area contributed by atoms with E-state index in [1.807, 2.05) is 48.5 Å². The number of hydrogen-bond donors (Lipinski definition) is 2. The van der Waals surface area contributed by atoms with Gasteiger partial charge in [0.1, 0.15) is 0 Å². The molecule has 0 unspecified atom stereocenters. The summed E-state index contributed by atoms with van der Waals surface area (Å²) in [5, 5.41) is 5.73. The number of hydrogen-bond acceptors (Lipinski definition) is 3. The van der Waals surface area contributed by atoms with Gasteiger partial charge in [-0.05, 0) is 35.2 Å². The Bertz CT molecular complexity index is 790. The molecule has 0 aliphatic carbocycles. The van der Waals surface area contributed by atoms with E-state index in [0.29, 0.717) is 26.1 Å². The Labute approximate surface area is 159 Å². The molecule has 1 heterocycles. The van der Waals surface area contributed by atoms with E-state index < -0.39 is 0 Å². The topological polar surface area (TPSA) is 70.7 Å². The SMILES string of the molecule is COCc1ccccc1CNC(=O)NCc1ccc(N2CCCC2=O)cc1. The Balaban J connectivity index is 1.47. The van der Waals surface area contributed by atoms with Gasteiger partial charge in [0.05, 0.1) is 6.61 Å². The maximum absolute atomic E-state index is 12.1. The number of amides is 3. The van der Waals surface area contributed by atoms with Crippen molar-refractivity contribution >= 4 is 17.6 Å². The van der Waals surface area contributed by atoms with Crippen LogP contribution in [0.15, 0.2) is 48.5 Å². The zero-order valence-corrected chi connectivity index (χ0v) is 15.5. The van der Waals surface area contributed by atoms with Crippen molar-refractivity contribution in [1.29, 1.82) is 0 Å². The second kappa shape index (κ2) is 9.19. The number of rotatable bonds is 7. The minimum absolute atomic E-state index is 0.175. The van der Waals surface area contributed by atoms with Gasteiger partial charge in [0, 0.05) is 38.9 Å². The normalized spacial score (nSPS) is 13.7. The first-order valence-corrected chi connectivity index (χ1v) is 9.14. The Morgan fingerprint density at radius 3 is 2.41 bits per heavy atom. The summed E-state index contributed by atoms with van der Waals surface area (Å²) in [4.78, 5) is 25.7. The van der Waals surface area contributed by atoms with Gasteiger partial charge in [0.15, 0.2) is 0 Å². The lowest BCUT2D eigenvalue weighted by Crippen LogP contribution is -2.34. The first kappa shape index (κ1) is 18.9. The molecule has 1 aliphatic heterocycles. The van der Waals surface area contributed by atoms with Crippen LogP contribution >= 0.6 is 0 Å². The van der Waals surface area contributed by atoms with Crippen molar-refractivity contribution in [3.8, 4) is 0 Å². The van der Waals surface area contributed by atoms with Gasteiger partial charge < -0.3 is 20.3 Å². The lowest BCUT2D eigenvalue weighted by atomic mass is 10.1. The van der Waals surface area contributed by atoms with Crippen LogP contribution in [0.4, 0.5) is 10.5 Å². The number of urea groups is 1. The molecular weight excluding hydrogens is 342 g/mol. The molecule has 27 heavy (non-hydrogen) atoms. The van der Waals surface area contributed by atoms with Crippen molar-refractivity contribution in [2.45, 2.75) is 32.5 Å². The van der Waals surface area contributed by atoms with Gasteiger partial charge in [0.25, 0.3) is 0 Å². The Morgan fingerprint density at radius 1 is 1.04 bits per heavy atom. The standard InChI is InChI=1S/C21H25N3O3/c1-27-15-18-6-3-2-5-17(18)14-23-21(26)22-13-16-8-10-19(11-9-16)24-12-4-7-20(24)25/h2-3,5-6,8-11H,4,7,12-15H2,1H3,(H2,22,23,26). The number of carbonyl (C=O) groups excluding carboxylic acids is 2. The van der Waals surface area contributed by atoms with Crippen LogP contribution in [0.3, 0.4) is 0 Å². The van der Waals surface area contributed by atoms with Crippen molar-refractivity contribution in [2.24, 2.45) is 0 Å². The zero-order valence-electron chi connectivity index (χ0n) is 15.5. The van der Waals surface area contributed by atoms with Crippen LogP contribution in [0, 0.1) is 0 Å². The summed E-state index contributed by atoms with van der Waals surface area (Å²) in [5.41, 5.74) is 4.00. The molecule has 2 N–H and O–H groups in total. The van der Waals surface area contributed by atoms with E-state index in [1.54, 1.807) is 12.0 Å². The smallest absolute Gasteiger partial charge is 0.315 e. The van der Waals surface area contributed by atoms with Crippen molar-refractivity contribution in [1.82, 2.24) is 10.6 Å². The second-order valence-corrected chi connectivity index (χ2v) is 6.55. The lowest BCUT2D eigenvalue weighted by Gasteiger charge is -2.16. The van der Waals surface area contributed by atoms with E-state index in [2.05, 4.69) is 10.6 Å². The summed E-state index contributed by atoms with van der Waals surface area (Å²) in [5.74, 6) is 0.175. The molecular formula is C21H25N3O3. The molecule has 0 bridgehead atoms. The average molecular weight is 367 g/mol. The summed E-state index contributed by atoms with van der Waals surface area (Å²) in [7, 11) is 1.65. The van der Waals surface area contributed by atoms with Crippen LogP contribution in [-0.2, 0) is 29.2 Å². The van der Waals surface area contributed by atoms with Gasteiger partial charge in [-0.15, -0.1) is 0 Å². The van der Waals surface area contributed by atoms with Crippen LogP contribution in [0.25, 0.3) is 0 Å². The number of methoxy groups -OCH3 is 1. The minimum atomic E-state index is -0.221. The molecule has 0 radical (unpaired) electrons. The fourth-order valence-corrected chi connectivity index (χ4v) is 3.16. The van der Waals surface area contributed by atoms with E-state index in [4.69, 9.17) is 4.74 Å². The van der Waals surface area contributed by atoms with Gasteiger partial charge in [-0.25, -0.2) is 4.79 Å². The number of ether oxygens (including phenoxy) is 1. The van der Waals surface area contributed by atoms with Crippen molar-refractivity contribution in [2.75, 3.05) is 18.6 Å². The first-order valence-electron chi connectivity index (χ1n) is 9.14. The van der Waals surface area contributed by atoms with E-state index in [9.17, 15) is 9.59 Å². The summed E-state index contributed by atoms with van der Waals surface area (Å²) in [6.45, 7) is 2.18. The predicted octanol–water partition coefficient (Wildman–Crippen LogP) is 2.96. The maximum Gasteiger partial charge on any atom is 0.315 e. The van der Waals surface area contributed by atoms with Gasteiger partial charge in [-0.2, -0.15) is 0 Å². The van der Waals surface area contributed by atoms with E-state index in [0.717, 1.165) is 35.3 Å². The third-order valence-corrected chi connectivity index (χ3v) is 4.63. The van der Waals surface area contributed by atoms with Crippen LogP contribution in [0.1, 0.15) is 29.5 Å². The van der Waals surface area contributed by atoms with E-state index >= 15 is 0 Å².